The number of hydrogen-bond donors (Lipinski definition) is 0. The van der Waals surface area contributed by atoms with Crippen molar-refractivity contribution in [2.75, 3.05) is 4.90 Å². The van der Waals surface area contributed by atoms with E-state index in [0.717, 1.165) is 78.2 Å². The molecule has 4 heteroatoms. The third-order valence-electron chi connectivity index (χ3n) is 11.1. The zero-order valence-electron chi connectivity index (χ0n) is 31.5. The van der Waals surface area contributed by atoms with Crippen molar-refractivity contribution in [1.82, 2.24) is 9.97 Å². The molecule has 0 unspecified atom stereocenters. The number of fused-ring (bicyclic) bond motifs is 5. The van der Waals surface area contributed by atoms with Crippen molar-refractivity contribution >= 4 is 60.5 Å². The highest BCUT2D eigenvalue weighted by atomic mass is 16.3. The third kappa shape index (κ3) is 5.78. The molecule has 0 saturated carbocycles. The lowest BCUT2D eigenvalue weighted by Crippen LogP contribution is -2.11. The molecule has 2 heterocycles. The minimum Gasteiger partial charge on any atom is -0.455 e. The molecule has 0 fully saturated rings. The normalized spacial score (nSPS) is 11.4. The van der Waals surface area contributed by atoms with E-state index in [0.29, 0.717) is 5.82 Å². The van der Waals surface area contributed by atoms with Gasteiger partial charge in [0.15, 0.2) is 5.82 Å². The summed E-state index contributed by atoms with van der Waals surface area (Å²) < 4.78 is 6.78. The molecule has 0 aliphatic heterocycles. The summed E-state index contributed by atoms with van der Waals surface area (Å²) in [6.45, 7) is 0. The van der Waals surface area contributed by atoms with Crippen LogP contribution >= 0.6 is 0 Å². The van der Waals surface area contributed by atoms with Gasteiger partial charge in [0.25, 0.3) is 0 Å². The molecule has 4 nitrogen and oxygen atoms in total. The van der Waals surface area contributed by atoms with Gasteiger partial charge in [-0.05, 0) is 64.9 Å². The van der Waals surface area contributed by atoms with E-state index in [1.165, 1.54) is 21.5 Å². The molecule has 58 heavy (non-hydrogen) atoms. The van der Waals surface area contributed by atoms with Crippen LogP contribution in [0.2, 0.25) is 0 Å². The number of furan rings is 1. The maximum Gasteiger partial charge on any atom is 0.161 e. The van der Waals surface area contributed by atoms with Gasteiger partial charge in [-0.15, -0.1) is 0 Å². The zero-order chi connectivity index (χ0) is 38.4. The summed E-state index contributed by atoms with van der Waals surface area (Å²) in [5.74, 6) is 0.652. The van der Waals surface area contributed by atoms with Crippen LogP contribution in [0.4, 0.5) is 17.1 Å². The van der Waals surface area contributed by atoms with E-state index in [-0.39, 0.29) is 0 Å². The number of anilines is 3. The second kappa shape index (κ2) is 14.0. The molecule has 11 rings (SSSR count). The first-order valence-electron chi connectivity index (χ1n) is 19.6. The largest absolute Gasteiger partial charge is 0.455 e. The van der Waals surface area contributed by atoms with Crippen LogP contribution < -0.4 is 4.90 Å². The van der Waals surface area contributed by atoms with Crippen molar-refractivity contribution in [2.45, 2.75) is 0 Å². The smallest absolute Gasteiger partial charge is 0.161 e. The summed E-state index contributed by atoms with van der Waals surface area (Å²) in [6, 6.07) is 74.4. The summed E-state index contributed by atoms with van der Waals surface area (Å²) in [7, 11) is 0. The van der Waals surface area contributed by atoms with Crippen molar-refractivity contribution in [3.8, 4) is 45.0 Å². The van der Waals surface area contributed by atoms with E-state index in [9.17, 15) is 0 Å². The van der Waals surface area contributed by atoms with Gasteiger partial charge in [0.05, 0.1) is 22.8 Å². The summed E-state index contributed by atoms with van der Waals surface area (Å²) in [4.78, 5) is 12.8. The molecule has 0 amide bonds. The fraction of sp³-hybridized carbons (Fsp3) is 0. The monoisotopic (exact) mass is 741 g/mol. The van der Waals surface area contributed by atoms with Gasteiger partial charge in [-0.25, -0.2) is 9.97 Å². The van der Waals surface area contributed by atoms with E-state index in [1.807, 2.05) is 48.5 Å². The molecule has 0 aliphatic rings. The highest BCUT2D eigenvalue weighted by Crippen LogP contribution is 2.45. The number of nitrogens with zero attached hydrogens (tertiary/aromatic N) is 3. The predicted molar refractivity (Wildman–Crippen MR) is 241 cm³/mol. The maximum absolute atomic E-state index is 6.78. The van der Waals surface area contributed by atoms with Gasteiger partial charge >= 0.3 is 0 Å². The highest BCUT2D eigenvalue weighted by Gasteiger charge is 2.22. The van der Waals surface area contributed by atoms with E-state index >= 15 is 0 Å². The van der Waals surface area contributed by atoms with Gasteiger partial charge < -0.3 is 9.32 Å². The molecule has 11 aromatic rings. The summed E-state index contributed by atoms with van der Waals surface area (Å²) in [6.07, 6.45) is 0. The predicted octanol–water partition coefficient (Wildman–Crippen LogP) is 14.8. The fourth-order valence-electron chi connectivity index (χ4n) is 8.33. The van der Waals surface area contributed by atoms with Crippen LogP contribution in [0.3, 0.4) is 0 Å². The quantitative estimate of drug-likeness (QED) is 0.163. The Labute approximate surface area is 335 Å². The molecular weight excluding hydrogens is 707 g/mol. The molecule has 0 atom stereocenters. The Morgan fingerprint density at radius 3 is 1.48 bits per heavy atom. The average molecular weight is 742 g/mol. The molecule has 0 saturated heterocycles. The van der Waals surface area contributed by atoms with Crippen molar-refractivity contribution in [3.05, 3.63) is 212 Å². The number of benzene rings is 9. The molecule has 2 aromatic heterocycles. The second-order valence-corrected chi connectivity index (χ2v) is 14.5. The van der Waals surface area contributed by atoms with Gasteiger partial charge in [0.1, 0.15) is 11.2 Å². The standard InChI is InChI=1S/C54H35N3O/c1-3-17-39(18-4-1)47-35-48(40-19-5-2-6-20-40)56-54(55-47)46-34-33-44(53-52(46)45-25-11-12-28-51(45)58-53)38-29-31-41(32-30-38)57(49-26-13-21-36-15-7-9-23-42(36)49)50-27-14-22-37-16-8-10-24-43(37)50/h1-35H. The first kappa shape index (κ1) is 33.5. The van der Waals surface area contributed by atoms with E-state index in [4.69, 9.17) is 14.4 Å². The summed E-state index contributed by atoms with van der Waals surface area (Å²) in [5.41, 5.74) is 11.7. The zero-order valence-corrected chi connectivity index (χ0v) is 31.5. The van der Waals surface area contributed by atoms with Crippen LogP contribution in [0.25, 0.3) is 88.5 Å². The Balaban J connectivity index is 1.08. The molecule has 0 N–H and O–H groups in total. The number of hydrogen-bond acceptors (Lipinski definition) is 4. The van der Waals surface area contributed by atoms with Crippen molar-refractivity contribution in [2.24, 2.45) is 0 Å². The van der Waals surface area contributed by atoms with Crippen LogP contribution in [0.1, 0.15) is 0 Å². The Morgan fingerprint density at radius 2 is 0.879 bits per heavy atom. The molecule has 272 valence electrons. The molecule has 9 aromatic carbocycles. The van der Waals surface area contributed by atoms with Crippen LogP contribution in [-0.2, 0) is 0 Å². The lowest BCUT2D eigenvalue weighted by atomic mass is 9.97. The minimum atomic E-state index is 0.652. The van der Waals surface area contributed by atoms with E-state index in [2.05, 4.69) is 169 Å². The van der Waals surface area contributed by atoms with Gasteiger partial charge in [-0.3, -0.25) is 0 Å². The van der Waals surface area contributed by atoms with E-state index in [1.54, 1.807) is 0 Å². The molecule has 0 spiro atoms. The van der Waals surface area contributed by atoms with Gasteiger partial charge in [0.2, 0.25) is 0 Å². The van der Waals surface area contributed by atoms with E-state index < -0.39 is 0 Å². The van der Waals surface area contributed by atoms with Crippen LogP contribution in [0, 0.1) is 0 Å². The summed E-state index contributed by atoms with van der Waals surface area (Å²) in [5, 5.41) is 6.80. The third-order valence-corrected chi connectivity index (χ3v) is 11.1. The van der Waals surface area contributed by atoms with Crippen molar-refractivity contribution < 1.29 is 4.42 Å². The first-order chi connectivity index (χ1) is 28.8. The Morgan fingerprint density at radius 1 is 0.379 bits per heavy atom. The maximum atomic E-state index is 6.78. The number of rotatable bonds is 7. The SMILES string of the molecule is c1ccc(-c2cc(-c3ccccc3)nc(-c3ccc(-c4ccc(N(c5cccc6ccccc56)c5cccc6ccccc56)cc4)c4oc5ccccc5c34)n2)cc1. The fourth-order valence-corrected chi connectivity index (χ4v) is 8.33. The van der Waals surface area contributed by atoms with Crippen molar-refractivity contribution in [1.29, 1.82) is 0 Å². The van der Waals surface area contributed by atoms with Gasteiger partial charge in [-0.2, -0.15) is 0 Å². The number of para-hydroxylation sites is 1. The van der Waals surface area contributed by atoms with Crippen LogP contribution in [0.5, 0.6) is 0 Å². The van der Waals surface area contributed by atoms with Gasteiger partial charge in [0, 0.05) is 49.5 Å². The highest BCUT2D eigenvalue weighted by molar-refractivity contribution is 6.16. The Hall–Kier alpha value is -7.82. The van der Waals surface area contributed by atoms with Crippen molar-refractivity contribution in [3.63, 3.8) is 0 Å². The average Bonchev–Trinajstić information content (AvgIpc) is 3.70. The van der Waals surface area contributed by atoms with Gasteiger partial charge in [-0.1, -0.05) is 164 Å². The van der Waals surface area contributed by atoms with Crippen LogP contribution in [-0.4, -0.2) is 9.97 Å². The molecular formula is C54H35N3O. The molecule has 0 radical (unpaired) electrons. The van der Waals surface area contributed by atoms with Crippen LogP contribution in [0.15, 0.2) is 217 Å². The lowest BCUT2D eigenvalue weighted by Gasteiger charge is -2.28. The molecule has 0 aliphatic carbocycles. The topological polar surface area (TPSA) is 42.2 Å². The Bertz CT molecular complexity index is 3130. The summed E-state index contributed by atoms with van der Waals surface area (Å²) >= 11 is 0. The second-order valence-electron chi connectivity index (χ2n) is 14.5. The molecule has 0 bridgehead atoms. The Kier molecular flexibility index (Phi) is 8.11. The minimum absolute atomic E-state index is 0.652. The first-order valence-corrected chi connectivity index (χ1v) is 19.6. The lowest BCUT2D eigenvalue weighted by molar-refractivity contribution is 0.670. The number of aromatic nitrogens is 2.